The van der Waals surface area contributed by atoms with E-state index in [0.717, 1.165) is 0 Å². The molecular formula is C20H16N4O5. The summed E-state index contributed by atoms with van der Waals surface area (Å²) in [5, 5.41) is 4.31. The lowest BCUT2D eigenvalue weighted by atomic mass is 10.2. The quantitative estimate of drug-likeness (QED) is 0.459. The highest BCUT2D eigenvalue weighted by Gasteiger charge is 2.13. The molecule has 2 aromatic heterocycles. The second-order valence-electron chi connectivity index (χ2n) is 6.10. The second-order valence-corrected chi connectivity index (χ2v) is 6.10. The van der Waals surface area contributed by atoms with Crippen LogP contribution in [0.5, 0.6) is 5.75 Å². The molecule has 2 aromatic carbocycles. The van der Waals surface area contributed by atoms with Gasteiger partial charge in [-0.2, -0.15) is 4.98 Å². The maximum atomic E-state index is 12.4. The van der Waals surface area contributed by atoms with Gasteiger partial charge in [-0.05, 0) is 24.3 Å². The summed E-state index contributed by atoms with van der Waals surface area (Å²) >= 11 is 0. The zero-order valence-electron chi connectivity index (χ0n) is 15.4. The first-order valence-electron chi connectivity index (χ1n) is 8.71. The molecule has 0 bridgehead atoms. The van der Waals surface area contributed by atoms with Crippen molar-refractivity contribution in [3.05, 3.63) is 71.1 Å². The van der Waals surface area contributed by atoms with Crippen LogP contribution in [0.1, 0.15) is 5.89 Å². The molecule has 0 amide bonds. The summed E-state index contributed by atoms with van der Waals surface area (Å²) in [7, 11) is 1.57. The minimum absolute atomic E-state index is 0.139. The molecule has 4 rings (SSSR count). The SMILES string of the molecule is COc1cccc(-c2noc(COC(=O)Cn3cnc4ccccc4c3=O)n2)c1. The molecule has 0 saturated carbocycles. The number of rotatable bonds is 6. The lowest BCUT2D eigenvalue weighted by Gasteiger charge is -2.06. The first-order chi connectivity index (χ1) is 14.1. The van der Waals surface area contributed by atoms with Gasteiger partial charge in [0.05, 0.1) is 24.3 Å². The van der Waals surface area contributed by atoms with E-state index >= 15 is 0 Å². The Morgan fingerprint density at radius 3 is 2.90 bits per heavy atom. The lowest BCUT2D eigenvalue weighted by Crippen LogP contribution is -2.25. The van der Waals surface area contributed by atoms with Crippen molar-refractivity contribution in [2.75, 3.05) is 7.11 Å². The van der Waals surface area contributed by atoms with Gasteiger partial charge in [-0.15, -0.1) is 0 Å². The van der Waals surface area contributed by atoms with Crippen LogP contribution in [-0.4, -0.2) is 32.8 Å². The van der Waals surface area contributed by atoms with Crippen molar-refractivity contribution in [3.8, 4) is 17.1 Å². The third-order valence-electron chi connectivity index (χ3n) is 4.18. The van der Waals surface area contributed by atoms with Gasteiger partial charge < -0.3 is 14.0 Å². The molecule has 146 valence electrons. The second kappa shape index (κ2) is 7.93. The fourth-order valence-electron chi connectivity index (χ4n) is 2.74. The summed E-state index contributed by atoms with van der Waals surface area (Å²) in [5.41, 5.74) is 0.961. The van der Waals surface area contributed by atoms with E-state index in [1.165, 1.54) is 10.9 Å². The molecule has 4 aromatic rings. The highest BCUT2D eigenvalue weighted by atomic mass is 16.6. The van der Waals surface area contributed by atoms with Gasteiger partial charge in [0.2, 0.25) is 5.82 Å². The molecule has 0 spiro atoms. The van der Waals surface area contributed by atoms with Crippen LogP contribution in [0.3, 0.4) is 0 Å². The number of aromatic nitrogens is 4. The summed E-state index contributed by atoms with van der Waals surface area (Å²) in [6.45, 7) is -0.473. The zero-order valence-corrected chi connectivity index (χ0v) is 15.4. The molecule has 0 unspecified atom stereocenters. The number of para-hydroxylation sites is 1. The number of hydrogen-bond donors (Lipinski definition) is 0. The van der Waals surface area contributed by atoms with E-state index in [-0.39, 0.29) is 24.6 Å². The molecule has 9 nitrogen and oxygen atoms in total. The van der Waals surface area contributed by atoms with Crippen LogP contribution in [0.2, 0.25) is 0 Å². The molecule has 0 saturated heterocycles. The molecule has 0 aliphatic heterocycles. The van der Waals surface area contributed by atoms with Crippen LogP contribution >= 0.6 is 0 Å². The van der Waals surface area contributed by atoms with Gasteiger partial charge in [-0.1, -0.05) is 29.4 Å². The fourth-order valence-corrected chi connectivity index (χ4v) is 2.74. The van der Waals surface area contributed by atoms with Crippen molar-refractivity contribution in [2.24, 2.45) is 0 Å². The summed E-state index contributed by atoms with van der Waals surface area (Å²) in [6, 6.07) is 14.1. The van der Waals surface area contributed by atoms with Crippen molar-refractivity contribution in [1.29, 1.82) is 0 Å². The number of carbonyl (C=O) groups excluding carboxylic acids is 1. The molecule has 0 aliphatic rings. The normalized spacial score (nSPS) is 10.8. The fraction of sp³-hybridized carbons (Fsp3) is 0.150. The van der Waals surface area contributed by atoms with Gasteiger partial charge >= 0.3 is 5.97 Å². The zero-order chi connectivity index (χ0) is 20.2. The monoisotopic (exact) mass is 392 g/mol. The van der Waals surface area contributed by atoms with Crippen LogP contribution in [0.15, 0.2) is 64.2 Å². The predicted molar refractivity (Wildman–Crippen MR) is 102 cm³/mol. The number of nitrogens with zero attached hydrogens (tertiary/aromatic N) is 4. The number of carbonyl (C=O) groups is 1. The summed E-state index contributed by atoms with van der Waals surface area (Å²) in [5.74, 6) is 0.532. The smallest absolute Gasteiger partial charge is 0.326 e. The number of ether oxygens (including phenoxy) is 2. The van der Waals surface area contributed by atoms with E-state index in [4.69, 9.17) is 14.0 Å². The van der Waals surface area contributed by atoms with Gasteiger partial charge in [0, 0.05) is 5.56 Å². The summed E-state index contributed by atoms with van der Waals surface area (Å²) in [4.78, 5) is 32.9. The molecule has 0 atom stereocenters. The molecule has 29 heavy (non-hydrogen) atoms. The standard InChI is InChI=1S/C20H16N4O5/c1-27-14-6-4-5-13(9-14)19-22-17(29-23-19)11-28-18(25)10-24-12-21-16-8-3-2-7-15(16)20(24)26/h2-9,12H,10-11H2,1H3. The van der Waals surface area contributed by atoms with Crippen molar-refractivity contribution >= 4 is 16.9 Å². The molecule has 9 heteroatoms. The Morgan fingerprint density at radius 1 is 1.17 bits per heavy atom. The molecule has 0 N–H and O–H groups in total. The van der Waals surface area contributed by atoms with Crippen molar-refractivity contribution in [3.63, 3.8) is 0 Å². The van der Waals surface area contributed by atoms with E-state index < -0.39 is 5.97 Å². The average Bonchev–Trinajstić information content (AvgIpc) is 3.24. The predicted octanol–water partition coefficient (Wildman–Crippen LogP) is 2.20. The Hall–Kier alpha value is -4.01. The number of benzene rings is 2. The van der Waals surface area contributed by atoms with Crippen molar-refractivity contribution in [2.45, 2.75) is 13.2 Å². The highest BCUT2D eigenvalue weighted by molar-refractivity contribution is 5.77. The number of hydrogen-bond acceptors (Lipinski definition) is 8. The Bertz CT molecular complexity index is 1230. The number of fused-ring (bicyclic) bond motifs is 1. The van der Waals surface area contributed by atoms with Gasteiger partial charge in [0.1, 0.15) is 12.3 Å². The van der Waals surface area contributed by atoms with E-state index in [2.05, 4.69) is 15.1 Å². The van der Waals surface area contributed by atoms with E-state index in [9.17, 15) is 9.59 Å². The highest BCUT2D eigenvalue weighted by Crippen LogP contribution is 2.21. The van der Waals surface area contributed by atoms with Gasteiger partial charge in [0.25, 0.3) is 11.4 Å². The van der Waals surface area contributed by atoms with E-state index in [1.807, 2.05) is 6.07 Å². The molecular weight excluding hydrogens is 376 g/mol. The van der Waals surface area contributed by atoms with Crippen molar-refractivity contribution < 1.29 is 18.8 Å². The molecule has 2 heterocycles. The Labute approximate surface area is 164 Å². The number of methoxy groups -OCH3 is 1. The van der Waals surface area contributed by atoms with Crippen LogP contribution in [-0.2, 0) is 22.7 Å². The van der Waals surface area contributed by atoms with E-state index in [0.29, 0.717) is 28.0 Å². The Kier molecular flexibility index (Phi) is 5.02. The molecule has 0 aliphatic carbocycles. The lowest BCUT2D eigenvalue weighted by molar-refractivity contribution is -0.146. The average molecular weight is 392 g/mol. The van der Waals surface area contributed by atoms with Crippen LogP contribution in [0.25, 0.3) is 22.3 Å². The van der Waals surface area contributed by atoms with Gasteiger partial charge in [0.15, 0.2) is 6.61 Å². The minimum atomic E-state index is -0.620. The van der Waals surface area contributed by atoms with Gasteiger partial charge in [-0.25, -0.2) is 4.98 Å². The minimum Gasteiger partial charge on any atom is -0.497 e. The summed E-state index contributed by atoms with van der Waals surface area (Å²) in [6.07, 6.45) is 1.32. The van der Waals surface area contributed by atoms with Crippen LogP contribution in [0, 0.1) is 0 Å². The number of esters is 1. The Morgan fingerprint density at radius 2 is 2.03 bits per heavy atom. The van der Waals surface area contributed by atoms with Gasteiger partial charge in [-0.3, -0.25) is 14.2 Å². The largest absolute Gasteiger partial charge is 0.497 e. The van der Waals surface area contributed by atoms with Crippen LogP contribution < -0.4 is 10.3 Å². The van der Waals surface area contributed by atoms with Crippen molar-refractivity contribution in [1.82, 2.24) is 19.7 Å². The Balaban J connectivity index is 1.41. The topological polar surface area (TPSA) is 109 Å². The molecule has 0 radical (unpaired) electrons. The first kappa shape index (κ1) is 18.4. The van der Waals surface area contributed by atoms with Crippen LogP contribution in [0.4, 0.5) is 0 Å². The maximum absolute atomic E-state index is 12.4. The third kappa shape index (κ3) is 3.98. The third-order valence-corrected chi connectivity index (χ3v) is 4.18. The summed E-state index contributed by atoms with van der Waals surface area (Å²) < 4.78 is 16.6. The van der Waals surface area contributed by atoms with E-state index in [1.54, 1.807) is 49.6 Å². The maximum Gasteiger partial charge on any atom is 0.326 e. The first-order valence-corrected chi connectivity index (χ1v) is 8.71. The molecule has 0 fully saturated rings.